The Morgan fingerprint density at radius 3 is 2.61 bits per heavy atom. The molecule has 1 atom stereocenters. The number of hydrogen-bond acceptors (Lipinski definition) is 3. The average Bonchev–Trinajstić information content (AvgIpc) is 2.70. The van der Waals surface area contributed by atoms with Crippen molar-refractivity contribution in [3.05, 3.63) is 23.7 Å². The van der Waals surface area contributed by atoms with Crippen molar-refractivity contribution >= 4 is 11.9 Å². The Morgan fingerprint density at radius 1 is 1.44 bits per heavy atom. The van der Waals surface area contributed by atoms with E-state index < -0.39 is 11.9 Å². The summed E-state index contributed by atoms with van der Waals surface area (Å²) in [4.78, 5) is 23.9. The Morgan fingerprint density at radius 2 is 2.11 bits per heavy atom. The van der Waals surface area contributed by atoms with Gasteiger partial charge in [0.15, 0.2) is 0 Å². The largest absolute Gasteiger partial charge is 0.481 e. The lowest BCUT2D eigenvalue weighted by molar-refractivity contribution is -0.143. The van der Waals surface area contributed by atoms with Gasteiger partial charge in [-0.05, 0) is 19.1 Å². The summed E-state index contributed by atoms with van der Waals surface area (Å²) in [6.07, 6.45) is 0.499. The van der Waals surface area contributed by atoms with Crippen molar-refractivity contribution < 1.29 is 19.1 Å². The Kier molecular flexibility index (Phi) is 4.95. The molecular weight excluding hydrogens is 234 g/mol. The van der Waals surface area contributed by atoms with Crippen molar-refractivity contribution in [3.8, 4) is 0 Å². The number of carboxylic acid groups (broad SMARTS) is 1. The summed E-state index contributed by atoms with van der Waals surface area (Å²) in [7, 11) is 1.68. The van der Waals surface area contributed by atoms with Gasteiger partial charge in [-0.2, -0.15) is 0 Å². The fourth-order valence-electron chi connectivity index (χ4n) is 1.73. The molecule has 1 unspecified atom stereocenters. The van der Waals surface area contributed by atoms with Crippen LogP contribution in [0.5, 0.6) is 0 Å². The second-order valence-electron chi connectivity index (χ2n) is 4.52. The first-order chi connectivity index (χ1) is 8.40. The van der Waals surface area contributed by atoms with E-state index in [-0.39, 0.29) is 12.3 Å². The van der Waals surface area contributed by atoms with Crippen LogP contribution in [0.15, 0.2) is 16.5 Å². The molecule has 0 aliphatic rings. The number of rotatable bonds is 6. The van der Waals surface area contributed by atoms with Crippen LogP contribution in [0.25, 0.3) is 0 Å². The van der Waals surface area contributed by atoms with Gasteiger partial charge in [0.25, 0.3) is 0 Å². The molecular formula is C13H19NO4. The van der Waals surface area contributed by atoms with Gasteiger partial charge in [-0.25, -0.2) is 0 Å². The number of hydrogen-bond donors (Lipinski definition) is 1. The van der Waals surface area contributed by atoms with E-state index in [2.05, 4.69) is 0 Å². The van der Waals surface area contributed by atoms with Gasteiger partial charge in [-0.1, -0.05) is 6.92 Å². The van der Waals surface area contributed by atoms with Gasteiger partial charge in [0.05, 0.1) is 6.42 Å². The van der Waals surface area contributed by atoms with Crippen molar-refractivity contribution in [2.75, 3.05) is 13.6 Å². The molecule has 1 aromatic heterocycles. The molecule has 1 amide bonds. The van der Waals surface area contributed by atoms with E-state index >= 15 is 0 Å². The summed E-state index contributed by atoms with van der Waals surface area (Å²) < 4.78 is 5.41. The molecule has 0 radical (unpaired) electrons. The number of carbonyl (C=O) groups is 2. The molecule has 5 nitrogen and oxygen atoms in total. The van der Waals surface area contributed by atoms with E-state index in [1.54, 1.807) is 18.9 Å². The van der Waals surface area contributed by atoms with Crippen LogP contribution in [-0.2, 0) is 16.0 Å². The molecule has 0 fully saturated rings. The number of carboxylic acids is 1. The van der Waals surface area contributed by atoms with E-state index in [1.807, 2.05) is 19.1 Å². The molecule has 1 aromatic rings. The molecule has 1 N–H and O–H groups in total. The molecule has 18 heavy (non-hydrogen) atoms. The van der Waals surface area contributed by atoms with Crippen molar-refractivity contribution in [2.45, 2.75) is 26.7 Å². The average molecular weight is 253 g/mol. The number of furan rings is 1. The van der Waals surface area contributed by atoms with Crippen LogP contribution < -0.4 is 0 Å². The lowest BCUT2D eigenvalue weighted by atomic mass is 10.1. The third-order valence-corrected chi connectivity index (χ3v) is 2.77. The fourth-order valence-corrected chi connectivity index (χ4v) is 1.73. The van der Waals surface area contributed by atoms with Crippen LogP contribution in [0.4, 0.5) is 0 Å². The predicted octanol–water partition coefficient (Wildman–Crippen LogP) is 1.70. The normalized spacial score (nSPS) is 12.2. The standard InChI is InChI=1S/C13H19NO4/c1-9(8-12(15)16)13(17)14(3)7-6-11-5-4-10(2)18-11/h4-5,9H,6-8H2,1-3H3,(H,15,16). The van der Waals surface area contributed by atoms with Crippen LogP contribution in [0.3, 0.4) is 0 Å². The van der Waals surface area contributed by atoms with Crippen LogP contribution >= 0.6 is 0 Å². The van der Waals surface area contributed by atoms with E-state index in [4.69, 9.17) is 9.52 Å². The number of nitrogens with zero attached hydrogens (tertiary/aromatic N) is 1. The van der Waals surface area contributed by atoms with E-state index in [0.29, 0.717) is 13.0 Å². The minimum absolute atomic E-state index is 0.136. The number of aliphatic carboxylic acids is 1. The maximum atomic E-state index is 11.8. The number of amides is 1. The first-order valence-electron chi connectivity index (χ1n) is 5.92. The van der Waals surface area contributed by atoms with Gasteiger partial charge in [-0.15, -0.1) is 0 Å². The highest BCUT2D eigenvalue weighted by atomic mass is 16.4. The molecule has 1 heterocycles. The van der Waals surface area contributed by atoms with Crippen molar-refractivity contribution in [1.29, 1.82) is 0 Å². The quantitative estimate of drug-likeness (QED) is 0.837. The Hall–Kier alpha value is -1.78. The third-order valence-electron chi connectivity index (χ3n) is 2.77. The Bertz CT molecular complexity index is 424. The van der Waals surface area contributed by atoms with Gasteiger partial charge in [0.1, 0.15) is 11.5 Å². The Labute approximate surface area is 106 Å². The van der Waals surface area contributed by atoms with Crippen LogP contribution in [0, 0.1) is 12.8 Å². The summed E-state index contributed by atoms with van der Waals surface area (Å²) >= 11 is 0. The smallest absolute Gasteiger partial charge is 0.304 e. The first kappa shape index (κ1) is 14.3. The van der Waals surface area contributed by atoms with Crippen molar-refractivity contribution in [3.63, 3.8) is 0 Å². The number of aryl methyl sites for hydroxylation is 1. The molecule has 0 aliphatic heterocycles. The number of carbonyl (C=O) groups excluding carboxylic acids is 1. The molecule has 0 saturated carbocycles. The minimum Gasteiger partial charge on any atom is -0.481 e. The highest BCUT2D eigenvalue weighted by Gasteiger charge is 2.20. The molecule has 1 rings (SSSR count). The van der Waals surface area contributed by atoms with E-state index in [0.717, 1.165) is 11.5 Å². The molecule has 0 bridgehead atoms. The summed E-state index contributed by atoms with van der Waals surface area (Å²) in [5.74, 6) is 0.0775. The second-order valence-corrected chi connectivity index (χ2v) is 4.52. The Balaban J connectivity index is 2.42. The second kappa shape index (κ2) is 6.23. The molecule has 0 aliphatic carbocycles. The molecule has 100 valence electrons. The number of likely N-dealkylation sites (N-methyl/N-ethyl adjacent to an activating group) is 1. The third kappa shape index (κ3) is 4.24. The summed E-state index contributed by atoms with van der Waals surface area (Å²) in [5, 5.41) is 8.64. The lowest BCUT2D eigenvalue weighted by Gasteiger charge is -2.20. The highest BCUT2D eigenvalue weighted by Crippen LogP contribution is 2.10. The fraction of sp³-hybridized carbons (Fsp3) is 0.538. The molecule has 0 saturated heterocycles. The summed E-state index contributed by atoms with van der Waals surface area (Å²) in [6, 6.07) is 3.76. The van der Waals surface area contributed by atoms with E-state index in [1.165, 1.54) is 0 Å². The first-order valence-corrected chi connectivity index (χ1v) is 5.92. The minimum atomic E-state index is -0.953. The van der Waals surface area contributed by atoms with E-state index in [9.17, 15) is 9.59 Å². The SMILES string of the molecule is Cc1ccc(CCN(C)C(=O)C(C)CC(=O)O)o1. The zero-order valence-electron chi connectivity index (χ0n) is 11.0. The van der Waals surface area contributed by atoms with Gasteiger partial charge >= 0.3 is 5.97 Å². The van der Waals surface area contributed by atoms with Gasteiger partial charge < -0.3 is 14.4 Å². The zero-order valence-corrected chi connectivity index (χ0v) is 11.0. The zero-order chi connectivity index (χ0) is 13.7. The highest BCUT2D eigenvalue weighted by molar-refractivity contribution is 5.82. The topological polar surface area (TPSA) is 70.8 Å². The van der Waals surface area contributed by atoms with Gasteiger partial charge in [0, 0.05) is 25.9 Å². The molecule has 0 spiro atoms. The summed E-state index contributed by atoms with van der Waals surface area (Å²) in [5.41, 5.74) is 0. The van der Waals surface area contributed by atoms with Gasteiger partial charge in [0.2, 0.25) is 5.91 Å². The van der Waals surface area contributed by atoms with Crippen molar-refractivity contribution in [2.24, 2.45) is 5.92 Å². The lowest BCUT2D eigenvalue weighted by Crippen LogP contribution is -2.34. The van der Waals surface area contributed by atoms with Crippen LogP contribution in [-0.4, -0.2) is 35.5 Å². The molecule has 5 heteroatoms. The predicted molar refractivity (Wildman–Crippen MR) is 66.2 cm³/mol. The summed E-state index contributed by atoms with van der Waals surface area (Å²) in [6.45, 7) is 4.02. The van der Waals surface area contributed by atoms with Gasteiger partial charge in [-0.3, -0.25) is 9.59 Å². The maximum Gasteiger partial charge on any atom is 0.304 e. The van der Waals surface area contributed by atoms with Crippen molar-refractivity contribution in [1.82, 2.24) is 4.90 Å². The molecule has 0 aromatic carbocycles. The maximum absolute atomic E-state index is 11.8. The van der Waals surface area contributed by atoms with Crippen LogP contribution in [0.2, 0.25) is 0 Å². The van der Waals surface area contributed by atoms with Crippen LogP contribution in [0.1, 0.15) is 24.9 Å². The monoisotopic (exact) mass is 253 g/mol.